The molecule has 0 bridgehead atoms. The van der Waals surface area contributed by atoms with E-state index in [1.165, 1.54) is 11.9 Å². The summed E-state index contributed by atoms with van der Waals surface area (Å²) in [5.41, 5.74) is 8.26. The minimum absolute atomic E-state index is 0.211. The first-order valence-corrected chi connectivity index (χ1v) is 10.8. The van der Waals surface area contributed by atoms with Gasteiger partial charge in [-0.15, -0.1) is 0 Å². The fraction of sp³-hybridized carbons (Fsp3) is 0.292. The molecule has 0 spiro atoms. The molecule has 2 aromatic carbocycles. The lowest BCUT2D eigenvalue weighted by molar-refractivity contribution is -0.122. The number of para-hydroxylation sites is 2. The average Bonchev–Trinajstić information content (AvgIpc) is 3.24. The first-order chi connectivity index (χ1) is 15.6. The number of hydrazine groups is 1. The largest absolute Gasteiger partial charge is 0.369 e. The first-order valence-electron chi connectivity index (χ1n) is 10.8. The number of rotatable bonds is 6. The highest BCUT2D eigenvalue weighted by Gasteiger charge is 2.19. The molecule has 2 N–H and O–H groups in total. The number of carbonyl (C=O) groups excluding carboxylic acids is 2. The van der Waals surface area contributed by atoms with Gasteiger partial charge in [-0.1, -0.05) is 36.4 Å². The van der Waals surface area contributed by atoms with Gasteiger partial charge in [0, 0.05) is 44.8 Å². The zero-order valence-electron chi connectivity index (χ0n) is 18.2. The predicted molar refractivity (Wildman–Crippen MR) is 124 cm³/mol. The van der Waals surface area contributed by atoms with Crippen molar-refractivity contribution in [1.82, 2.24) is 25.5 Å². The highest BCUT2D eigenvalue weighted by atomic mass is 16.2. The van der Waals surface area contributed by atoms with Gasteiger partial charge in [0.2, 0.25) is 5.91 Å². The quantitative estimate of drug-likeness (QED) is 0.584. The summed E-state index contributed by atoms with van der Waals surface area (Å²) in [7, 11) is 0. The predicted octanol–water partition coefficient (Wildman–Crippen LogP) is 2.15. The van der Waals surface area contributed by atoms with Gasteiger partial charge in [0.05, 0.1) is 23.1 Å². The summed E-state index contributed by atoms with van der Waals surface area (Å²) in [4.78, 5) is 29.4. The fourth-order valence-corrected chi connectivity index (χ4v) is 3.85. The Bertz CT molecular complexity index is 1040. The molecule has 3 aromatic rings. The van der Waals surface area contributed by atoms with Crippen LogP contribution in [0.3, 0.4) is 0 Å². The van der Waals surface area contributed by atoms with E-state index in [4.69, 9.17) is 0 Å². The Morgan fingerprint density at radius 1 is 0.875 bits per heavy atom. The lowest BCUT2D eigenvalue weighted by atomic mass is 10.2. The Morgan fingerprint density at radius 2 is 1.50 bits per heavy atom. The van der Waals surface area contributed by atoms with Gasteiger partial charge in [-0.05, 0) is 31.2 Å². The number of hydrogen-bond acceptors (Lipinski definition) is 5. The molecule has 0 radical (unpaired) electrons. The van der Waals surface area contributed by atoms with Crippen molar-refractivity contribution >= 4 is 17.5 Å². The number of anilines is 1. The van der Waals surface area contributed by atoms with E-state index in [0.717, 1.165) is 31.9 Å². The van der Waals surface area contributed by atoms with Crippen molar-refractivity contribution < 1.29 is 9.59 Å². The SMILES string of the molecule is Cc1c(C(=O)NNC(=O)CCN2CCN(c3ccccc3)CC2)cnn1-c1ccccc1. The smallest absolute Gasteiger partial charge is 0.273 e. The number of hydrogen-bond donors (Lipinski definition) is 2. The zero-order chi connectivity index (χ0) is 22.3. The summed E-state index contributed by atoms with van der Waals surface area (Å²) >= 11 is 0. The van der Waals surface area contributed by atoms with Crippen molar-refractivity contribution in [3.63, 3.8) is 0 Å². The van der Waals surface area contributed by atoms with Crippen LogP contribution in [0.4, 0.5) is 5.69 Å². The van der Waals surface area contributed by atoms with Gasteiger partial charge in [0.15, 0.2) is 0 Å². The molecule has 4 rings (SSSR count). The van der Waals surface area contributed by atoms with E-state index in [1.807, 2.05) is 43.3 Å². The Morgan fingerprint density at radius 3 is 2.16 bits per heavy atom. The lowest BCUT2D eigenvalue weighted by Gasteiger charge is -2.36. The Kier molecular flexibility index (Phi) is 6.81. The first kappa shape index (κ1) is 21.6. The molecule has 8 heteroatoms. The summed E-state index contributed by atoms with van der Waals surface area (Å²) in [5, 5.41) is 4.29. The summed E-state index contributed by atoms with van der Waals surface area (Å²) in [6.07, 6.45) is 1.84. The minimum atomic E-state index is -0.380. The van der Waals surface area contributed by atoms with Gasteiger partial charge in [-0.2, -0.15) is 5.10 Å². The third-order valence-corrected chi connectivity index (χ3v) is 5.72. The van der Waals surface area contributed by atoms with Gasteiger partial charge >= 0.3 is 0 Å². The van der Waals surface area contributed by atoms with Gasteiger partial charge < -0.3 is 4.90 Å². The summed E-state index contributed by atoms with van der Waals surface area (Å²) in [6, 6.07) is 20.0. The van der Waals surface area contributed by atoms with Crippen molar-refractivity contribution in [2.45, 2.75) is 13.3 Å². The molecule has 2 amide bonds. The minimum Gasteiger partial charge on any atom is -0.369 e. The second-order valence-electron chi connectivity index (χ2n) is 7.81. The summed E-state index contributed by atoms with van der Waals surface area (Å²) in [6.45, 7) is 6.18. The summed E-state index contributed by atoms with van der Waals surface area (Å²) < 4.78 is 1.70. The third kappa shape index (κ3) is 5.15. The Labute approximate surface area is 187 Å². The van der Waals surface area contributed by atoms with E-state index in [2.05, 4.69) is 50.0 Å². The van der Waals surface area contributed by atoms with E-state index in [-0.39, 0.29) is 11.8 Å². The normalized spacial score (nSPS) is 14.2. The standard InChI is InChI=1S/C24H28N6O2/c1-19-22(18-25-30(19)21-10-6-3-7-11-21)24(32)27-26-23(31)12-13-28-14-16-29(17-15-28)20-8-4-2-5-9-20/h2-11,18H,12-17H2,1H3,(H,26,31)(H,27,32). The van der Waals surface area contributed by atoms with Crippen molar-refractivity contribution in [3.8, 4) is 5.69 Å². The maximum Gasteiger partial charge on any atom is 0.273 e. The Balaban J connectivity index is 1.20. The van der Waals surface area contributed by atoms with E-state index < -0.39 is 0 Å². The van der Waals surface area contributed by atoms with Crippen LogP contribution >= 0.6 is 0 Å². The van der Waals surface area contributed by atoms with Crippen LogP contribution in [0.15, 0.2) is 66.9 Å². The molecule has 1 aliphatic rings. The fourth-order valence-electron chi connectivity index (χ4n) is 3.85. The van der Waals surface area contributed by atoms with Gasteiger partial charge in [0.25, 0.3) is 5.91 Å². The van der Waals surface area contributed by atoms with Crippen LogP contribution < -0.4 is 15.8 Å². The highest BCUT2D eigenvalue weighted by Crippen LogP contribution is 2.16. The van der Waals surface area contributed by atoms with Crippen LogP contribution in [-0.2, 0) is 4.79 Å². The second-order valence-corrected chi connectivity index (χ2v) is 7.81. The maximum absolute atomic E-state index is 12.5. The molecule has 0 unspecified atom stereocenters. The van der Waals surface area contributed by atoms with E-state index >= 15 is 0 Å². The molecule has 1 aromatic heterocycles. The maximum atomic E-state index is 12.5. The molecule has 8 nitrogen and oxygen atoms in total. The van der Waals surface area contributed by atoms with Crippen LogP contribution in [0, 0.1) is 6.92 Å². The highest BCUT2D eigenvalue weighted by molar-refractivity contribution is 5.96. The number of aromatic nitrogens is 2. The topological polar surface area (TPSA) is 82.5 Å². The van der Waals surface area contributed by atoms with E-state index in [0.29, 0.717) is 24.2 Å². The number of amides is 2. The molecule has 166 valence electrons. The molecule has 0 aliphatic carbocycles. The summed E-state index contributed by atoms with van der Waals surface area (Å²) in [5.74, 6) is -0.591. The van der Waals surface area contributed by atoms with Crippen LogP contribution in [0.2, 0.25) is 0 Å². The van der Waals surface area contributed by atoms with Gasteiger partial charge in [-0.3, -0.25) is 25.3 Å². The monoisotopic (exact) mass is 432 g/mol. The molecule has 0 atom stereocenters. The molecule has 32 heavy (non-hydrogen) atoms. The number of piperazine rings is 1. The van der Waals surface area contributed by atoms with Gasteiger partial charge in [-0.25, -0.2) is 4.68 Å². The molecule has 0 saturated carbocycles. The van der Waals surface area contributed by atoms with E-state index in [9.17, 15) is 9.59 Å². The van der Waals surface area contributed by atoms with Gasteiger partial charge in [0.1, 0.15) is 0 Å². The van der Waals surface area contributed by atoms with Crippen molar-refractivity contribution in [2.24, 2.45) is 0 Å². The molecule has 2 heterocycles. The number of carbonyl (C=O) groups is 2. The molecule has 1 saturated heterocycles. The number of nitrogens with one attached hydrogen (secondary N) is 2. The molecule has 1 fully saturated rings. The van der Waals surface area contributed by atoms with Crippen LogP contribution in [0.5, 0.6) is 0 Å². The van der Waals surface area contributed by atoms with E-state index in [1.54, 1.807) is 4.68 Å². The zero-order valence-corrected chi connectivity index (χ0v) is 18.2. The van der Waals surface area contributed by atoms with Crippen LogP contribution in [0.1, 0.15) is 22.5 Å². The molecular weight excluding hydrogens is 404 g/mol. The average molecular weight is 433 g/mol. The molecular formula is C24H28N6O2. The van der Waals surface area contributed by atoms with Crippen LogP contribution in [0.25, 0.3) is 5.69 Å². The van der Waals surface area contributed by atoms with Crippen LogP contribution in [-0.4, -0.2) is 59.2 Å². The molecule has 1 aliphatic heterocycles. The number of nitrogens with zero attached hydrogens (tertiary/aromatic N) is 4. The lowest BCUT2D eigenvalue weighted by Crippen LogP contribution is -2.48. The van der Waals surface area contributed by atoms with Crippen molar-refractivity contribution in [2.75, 3.05) is 37.6 Å². The third-order valence-electron chi connectivity index (χ3n) is 5.72. The van der Waals surface area contributed by atoms with Crippen molar-refractivity contribution in [3.05, 3.63) is 78.1 Å². The van der Waals surface area contributed by atoms with Crippen molar-refractivity contribution in [1.29, 1.82) is 0 Å². The Hall–Kier alpha value is -3.65. The second kappa shape index (κ2) is 10.1. The number of benzene rings is 2.